The third-order valence-corrected chi connectivity index (χ3v) is 4.94. The smallest absolute Gasteiger partial charge is 0.308 e. The summed E-state index contributed by atoms with van der Waals surface area (Å²) < 4.78 is 38.5. The Labute approximate surface area is 158 Å². The molecule has 0 bridgehead atoms. The lowest BCUT2D eigenvalue weighted by atomic mass is 9.98. The van der Waals surface area contributed by atoms with Crippen LogP contribution in [0.1, 0.15) is 43.0 Å². The van der Waals surface area contributed by atoms with E-state index < -0.39 is 11.7 Å². The highest BCUT2D eigenvalue weighted by Gasteiger charge is 2.30. The number of aryl methyl sites for hydroxylation is 1. The van der Waals surface area contributed by atoms with Crippen LogP contribution in [0.15, 0.2) is 66.7 Å². The van der Waals surface area contributed by atoms with E-state index in [2.05, 4.69) is 49.5 Å². The van der Waals surface area contributed by atoms with Crippen molar-refractivity contribution in [2.45, 2.75) is 44.9 Å². The SMILES string of the molecule is CC(CCc1cccc(C(F)(F)F)c1)NC(C)c1cccc2ccccc12. The second-order valence-electron chi connectivity index (χ2n) is 7.09. The van der Waals surface area contributed by atoms with Crippen molar-refractivity contribution in [2.75, 3.05) is 0 Å². The number of alkyl halides is 3. The quantitative estimate of drug-likeness (QED) is 0.519. The number of rotatable bonds is 6. The first-order chi connectivity index (χ1) is 12.8. The summed E-state index contributed by atoms with van der Waals surface area (Å²) in [6.45, 7) is 4.21. The van der Waals surface area contributed by atoms with Gasteiger partial charge in [0.05, 0.1) is 5.56 Å². The van der Waals surface area contributed by atoms with Crippen molar-refractivity contribution in [1.82, 2.24) is 5.32 Å². The van der Waals surface area contributed by atoms with Crippen LogP contribution in [0, 0.1) is 0 Å². The van der Waals surface area contributed by atoms with E-state index in [1.54, 1.807) is 6.07 Å². The minimum Gasteiger partial charge on any atom is -0.308 e. The molecule has 0 heterocycles. The molecular weight excluding hydrogens is 347 g/mol. The van der Waals surface area contributed by atoms with Crippen molar-refractivity contribution >= 4 is 10.8 Å². The molecule has 0 aliphatic carbocycles. The zero-order valence-electron chi connectivity index (χ0n) is 15.6. The molecule has 0 saturated heterocycles. The van der Waals surface area contributed by atoms with E-state index in [1.807, 2.05) is 12.1 Å². The summed E-state index contributed by atoms with van der Waals surface area (Å²) in [7, 11) is 0. The molecule has 27 heavy (non-hydrogen) atoms. The summed E-state index contributed by atoms with van der Waals surface area (Å²) in [5, 5.41) is 6.02. The Morgan fingerprint density at radius 2 is 1.59 bits per heavy atom. The van der Waals surface area contributed by atoms with E-state index in [4.69, 9.17) is 0 Å². The Hall–Kier alpha value is -2.33. The fourth-order valence-electron chi connectivity index (χ4n) is 3.51. The molecular formula is C23H24F3N. The van der Waals surface area contributed by atoms with Gasteiger partial charge in [-0.25, -0.2) is 0 Å². The van der Waals surface area contributed by atoms with Gasteiger partial charge in [0.25, 0.3) is 0 Å². The molecule has 0 aromatic heterocycles. The summed E-state index contributed by atoms with van der Waals surface area (Å²) >= 11 is 0. The van der Waals surface area contributed by atoms with Gasteiger partial charge in [-0.2, -0.15) is 13.2 Å². The molecule has 0 aliphatic heterocycles. The largest absolute Gasteiger partial charge is 0.416 e. The zero-order chi connectivity index (χ0) is 19.4. The third-order valence-electron chi connectivity index (χ3n) is 4.94. The Bertz CT molecular complexity index is 896. The number of hydrogen-bond acceptors (Lipinski definition) is 1. The van der Waals surface area contributed by atoms with Crippen molar-refractivity contribution in [3.05, 3.63) is 83.4 Å². The first kappa shape index (κ1) is 19.4. The first-order valence-corrected chi connectivity index (χ1v) is 9.24. The minimum absolute atomic E-state index is 0.160. The maximum Gasteiger partial charge on any atom is 0.416 e. The number of hydrogen-bond donors (Lipinski definition) is 1. The van der Waals surface area contributed by atoms with Gasteiger partial charge in [0, 0.05) is 12.1 Å². The lowest BCUT2D eigenvalue weighted by Crippen LogP contribution is -2.29. The molecule has 1 N–H and O–H groups in total. The number of halogens is 3. The first-order valence-electron chi connectivity index (χ1n) is 9.24. The molecule has 142 valence electrons. The predicted octanol–water partition coefficient (Wildman–Crippen LogP) is 6.53. The molecule has 2 unspecified atom stereocenters. The molecule has 0 aliphatic rings. The van der Waals surface area contributed by atoms with Gasteiger partial charge in [-0.1, -0.05) is 60.7 Å². The van der Waals surface area contributed by atoms with Gasteiger partial charge in [0.15, 0.2) is 0 Å². The summed E-state index contributed by atoms with van der Waals surface area (Å²) in [4.78, 5) is 0. The van der Waals surface area contributed by atoms with Crippen molar-refractivity contribution in [3.8, 4) is 0 Å². The molecule has 0 radical (unpaired) electrons. The fraction of sp³-hybridized carbons (Fsp3) is 0.304. The highest BCUT2D eigenvalue weighted by atomic mass is 19.4. The number of benzene rings is 3. The van der Waals surface area contributed by atoms with Gasteiger partial charge in [0.2, 0.25) is 0 Å². The van der Waals surface area contributed by atoms with Crippen LogP contribution in [0.4, 0.5) is 13.2 Å². The second-order valence-corrected chi connectivity index (χ2v) is 7.09. The summed E-state index contributed by atoms with van der Waals surface area (Å²) in [6.07, 6.45) is -2.90. The molecule has 0 spiro atoms. The Kier molecular flexibility index (Phi) is 5.85. The van der Waals surface area contributed by atoms with E-state index in [-0.39, 0.29) is 12.1 Å². The van der Waals surface area contributed by atoms with Crippen molar-refractivity contribution < 1.29 is 13.2 Å². The highest BCUT2D eigenvalue weighted by Crippen LogP contribution is 2.30. The van der Waals surface area contributed by atoms with Crippen molar-refractivity contribution in [1.29, 1.82) is 0 Å². The van der Waals surface area contributed by atoms with Crippen LogP contribution < -0.4 is 5.32 Å². The number of nitrogens with one attached hydrogen (secondary N) is 1. The molecule has 3 rings (SSSR count). The van der Waals surface area contributed by atoms with Gasteiger partial charge in [-0.05, 0) is 54.7 Å². The van der Waals surface area contributed by atoms with Gasteiger partial charge >= 0.3 is 6.18 Å². The van der Waals surface area contributed by atoms with Gasteiger partial charge in [-0.3, -0.25) is 0 Å². The Morgan fingerprint density at radius 1 is 0.889 bits per heavy atom. The lowest BCUT2D eigenvalue weighted by molar-refractivity contribution is -0.137. The average Bonchev–Trinajstić information content (AvgIpc) is 2.65. The number of fused-ring (bicyclic) bond motifs is 1. The van der Waals surface area contributed by atoms with Gasteiger partial charge in [0.1, 0.15) is 0 Å². The summed E-state index contributed by atoms with van der Waals surface area (Å²) in [5.41, 5.74) is 1.38. The zero-order valence-corrected chi connectivity index (χ0v) is 15.6. The normalized spacial score (nSPS) is 14.3. The van der Waals surface area contributed by atoms with E-state index >= 15 is 0 Å². The van der Waals surface area contributed by atoms with E-state index in [0.29, 0.717) is 6.42 Å². The van der Waals surface area contributed by atoms with E-state index in [0.717, 1.165) is 18.1 Å². The van der Waals surface area contributed by atoms with Crippen LogP contribution in [0.5, 0.6) is 0 Å². The minimum atomic E-state index is -4.29. The molecule has 2 atom stereocenters. The maximum absolute atomic E-state index is 12.8. The van der Waals surface area contributed by atoms with E-state index in [1.165, 1.54) is 28.5 Å². The van der Waals surface area contributed by atoms with Crippen LogP contribution in [-0.4, -0.2) is 6.04 Å². The lowest BCUT2D eigenvalue weighted by Gasteiger charge is -2.22. The molecule has 4 heteroatoms. The van der Waals surface area contributed by atoms with Crippen LogP contribution >= 0.6 is 0 Å². The van der Waals surface area contributed by atoms with Crippen LogP contribution in [0.25, 0.3) is 10.8 Å². The second kappa shape index (κ2) is 8.13. The summed E-state index contributed by atoms with van der Waals surface area (Å²) in [5.74, 6) is 0. The monoisotopic (exact) mass is 371 g/mol. The molecule has 0 amide bonds. The maximum atomic E-state index is 12.8. The molecule has 0 saturated carbocycles. The van der Waals surface area contributed by atoms with E-state index in [9.17, 15) is 13.2 Å². The predicted molar refractivity (Wildman–Crippen MR) is 105 cm³/mol. The van der Waals surface area contributed by atoms with Gasteiger partial charge < -0.3 is 5.32 Å². The van der Waals surface area contributed by atoms with Crippen LogP contribution in [-0.2, 0) is 12.6 Å². The topological polar surface area (TPSA) is 12.0 Å². The van der Waals surface area contributed by atoms with Gasteiger partial charge in [-0.15, -0.1) is 0 Å². The molecule has 3 aromatic rings. The molecule has 1 nitrogen and oxygen atoms in total. The Balaban J connectivity index is 1.63. The average molecular weight is 371 g/mol. The van der Waals surface area contributed by atoms with Crippen molar-refractivity contribution in [2.24, 2.45) is 0 Å². The van der Waals surface area contributed by atoms with Crippen molar-refractivity contribution in [3.63, 3.8) is 0 Å². The van der Waals surface area contributed by atoms with Crippen LogP contribution in [0.2, 0.25) is 0 Å². The molecule has 0 fully saturated rings. The third kappa shape index (κ3) is 4.89. The standard InChI is InChI=1S/C23H24F3N/c1-16(13-14-18-7-5-10-20(15-18)23(24,25)26)27-17(2)21-12-6-9-19-8-3-4-11-22(19)21/h3-12,15-17,27H,13-14H2,1-2H3. The molecule has 3 aromatic carbocycles. The highest BCUT2D eigenvalue weighted by molar-refractivity contribution is 5.86. The van der Waals surface area contributed by atoms with Crippen LogP contribution in [0.3, 0.4) is 0 Å². The Morgan fingerprint density at radius 3 is 2.37 bits per heavy atom. The fourth-order valence-corrected chi connectivity index (χ4v) is 3.51. The summed E-state index contributed by atoms with van der Waals surface area (Å²) in [6, 6.07) is 20.5.